The van der Waals surface area contributed by atoms with Crippen molar-refractivity contribution in [3.63, 3.8) is 0 Å². The van der Waals surface area contributed by atoms with Crippen LogP contribution in [0.3, 0.4) is 0 Å². The Morgan fingerprint density at radius 3 is 2.56 bits per heavy atom. The van der Waals surface area contributed by atoms with Gasteiger partial charge in [-0.15, -0.1) is 0 Å². The Bertz CT molecular complexity index is 715. The van der Waals surface area contributed by atoms with Crippen molar-refractivity contribution in [2.24, 2.45) is 11.8 Å². The highest BCUT2D eigenvalue weighted by Crippen LogP contribution is 2.52. The molecular formula is C23H32N2O2. The second kappa shape index (κ2) is 7.29. The van der Waals surface area contributed by atoms with Crippen LogP contribution in [0.5, 0.6) is 0 Å². The molecule has 1 N–H and O–H groups in total. The van der Waals surface area contributed by atoms with E-state index in [0.29, 0.717) is 12.3 Å². The molecule has 1 spiro atoms. The van der Waals surface area contributed by atoms with Gasteiger partial charge in [0.15, 0.2) is 0 Å². The zero-order valence-electron chi connectivity index (χ0n) is 16.7. The summed E-state index contributed by atoms with van der Waals surface area (Å²) in [6.07, 6.45) is 6.21. The lowest BCUT2D eigenvalue weighted by Crippen LogP contribution is -2.45. The van der Waals surface area contributed by atoms with Gasteiger partial charge in [0.1, 0.15) is 0 Å². The second-order valence-corrected chi connectivity index (χ2v) is 9.20. The molecule has 2 fully saturated rings. The number of piperidine rings is 1. The third-order valence-corrected chi connectivity index (χ3v) is 6.85. The SMILES string of the molecule is CC(C)C(=O)N1CCC2(CC1)C[C@H](CC(=O)NCC1CC1)c1ccccc12. The molecule has 1 heterocycles. The van der Waals surface area contributed by atoms with Crippen LogP contribution in [0, 0.1) is 11.8 Å². The predicted molar refractivity (Wildman–Crippen MR) is 106 cm³/mol. The van der Waals surface area contributed by atoms with E-state index in [-0.39, 0.29) is 23.1 Å². The Morgan fingerprint density at radius 1 is 1.19 bits per heavy atom. The maximum atomic E-state index is 12.5. The smallest absolute Gasteiger partial charge is 0.225 e. The van der Waals surface area contributed by atoms with E-state index >= 15 is 0 Å². The number of nitrogens with zero attached hydrogens (tertiary/aromatic N) is 1. The molecule has 3 aliphatic rings. The molecule has 0 bridgehead atoms. The number of rotatable bonds is 5. The van der Waals surface area contributed by atoms with E-state index in [4.69, 9.17) is 0 Å². The van der Waals surface area contributed by atoms with Gasteiger partial charge in [-0.3, -0.25) is 9.59 Å². The summed E-state index contributed by atoms with van der Waals surface area (Å²) >= 11 is 0. The highest BCUT2D eigenvalue weighted by Gasteiger charge is 2.46. The van der Waals surface area contributed by atoms with Gasteiger partial charge < -0.3 is 10.2 Å². The van der Waals surface area contributed by atoms with Crippen molar-refractivity contribution >= 4 is 11.8 Å². The quantitative estimate of drug-likeness (QED) is 0.863. The molecule has 0 aromatic heterocycles. The summed E-state index contributed by atoms with van der Waals surface area (Å²) < 4.78 is 0. The lowest BCUT2D eigenvalue weighted by molar-refractivity contribution is -0.136. The van der Waals surface area contributed by atoms with E-state index in [9.17, 15) is 9.59 Å². The third kappa shape index (κ3) is 3.76. The van der Waals surface area contributed by atoms with Crippen LogP contribution in [0.2, 0.25) is 0 Å². The zero-order valence-corrected chi connectivity index (χ0v) is 16.7. The lowest BCUT2D eigenvalue weighted by atomic mass is 9.73. The topological polar surface area (TPSA) is 49.4 Å². The monoisotopic (exact) mass is 368 g/mol. The molecule has 1 aliphatic heterocycles. The van der Waals surface area contributed by atoms with Crippen molar-refractivity contribution in [3.05, 3.63) is 35.4 Å². The fourth-order valence-corrected chi connectivity index (χ4v) is 5.08. The molecule has 146 valence electrons. The summed E-state index contributed by atoms with van der Waals surface area (Å²) in [5.41, 5.74) is 2.94. The van der Waals surface area contributed by atoms with Gasteiger partial charge in [-0.05, 0) is 60.5 Å². The number of fused-ring (bicyclic) bond motifs is 2. The zero-order chi connectivity index (χ0) is 19.0. The minimum atomic E-state index is 0.0674. The number of nitrogens with one attached hydrogen (secondary N) is 1. The minimum absolute atomic E-state index is 0.0674. The van der Waals surface area contributed by atoms with Crippen LogP contribution in [0.4, 0.5) is 0 Å². The van der Waals surface area contributed by atoms with Crippen LogP contribution in [0.1, 0.15) is 69.4 Å². The van der Waals surface area contributed by atoms with E-state index in [1.807, 2.05) is 18.7 Å². The number of carbonyl (C=O) groups excluding carboxylic acids is 2. The van der Waals surface area contributed by atoms with Gasteiger partial charge >= 0.3 is 0 Å². The van der Waals surface area contributed by atoms with E-state index in [1.54, 1.807) is 0 Å². The van der Waals surface area contributed by atoms with Gasteiger partial charge in [0.2, 0.25) is 11.8 Å². The summed E-state index contributed by atoms with van der Waals surface area (Å²) in [7, 11) is 0. The van der Waals surface area contributed by atoms with Crippen molar-refractivity contribution in [2.45, 2.75) is 63.7 Å². The van der Waals surface area contributed by atoms with E-state index in [2.05, 4.69) is 29.6 Å². The van der Waals surface area contributed by atoms with Crippen LogP contribution < -0.4 is 5.32 Å². The van der Waals surface area contributed by atoms with E-state index in [0.717, 1.165) is 44.8 Å². The summed E-state index contributed by atoms with van der Waals surface area (Å²) in [6, 6.07) is 8.71. The molecule has 27 heavy (non-hydrogen) atoms. The molecule has 1 saturated heterocycles. The molecule has 1 atom stereocenters. The Kier molecular flexibility index (Phi) is 5.00. The fraction of sp³-hybridized carbons (Fsp3) is 0.652. The number of likely N-dealkylation sites (tertiary alicyclic amines) is 1. The average molecular weight is 369 g/mol. The average Bonchev–Trinajstić information content (AvgIpc) is 3.46. The van der Waals surface area contributed by atoms with Gasteiger partial charge in [0.05, 0.1) is 0 Å². The van der Waals surface area contributed by atoms with Gasteiger partial charge in [-0.25, -0.2) is 0 Å². The number of hydrogen-bond donors (Lipinski definition) is 1. The molecule has 4 nitrogen and oxygen atoms in total. The lowest BCUT2D eigenvalue weighted by Gasteiger charge is -2.41. The summed E-state index contributed by atoms with van der Waals surface area (Å²) in [5, 5.41) is 3.14. The molecule has 2 aliphatic carbocycles. The Labute approximate surface area is 162 Å². The van der Waals surface area contributed by atoms with Crippen molar-refractivity contribution in [1.29, 1.82) is 0 Å². The Hall–Kier alpha value is -1.84. The molecule has 4 rings (SSSR count). The van der Waals surface area contributed by atoms with Gasteiger partial charge in [0.25, 0.3) is 0 Å². The van der Waals surface area contributed by atoms with Crippen molar-refractivity contribution in [2.75, 3.05) is 19.6 Å². The normalized spacial score (nSPS) is 23.5. The number of carbonyl (C=O) groups is 2. The van der Waals surface area contributed by atoms with E-state index < -0.39 is 0 Å². The van der Waals surface area contributed by atoms with Crippen LogP contribution in [0.15, 0.2) is 24.3 Å². The second-order valence-electron chi connectivity index (χ2n) is 9.20. The van der Waals surface area contributed by atoms with Crippen LogP contribution in [-0.2, 0) is 15.0 Å². The standard InChI is InChI=1S/C23H32N2O2/c1-16(2)22(27)25-11-9-23(10-12-25)14-18(19-5-3-4-6-20(19)23)13-21(26)24-15-17-7-8-17/h3-6,16-18H,7-15H2,1-2H3,(H,24,26)/t18-/m0/s1. The van der Waals surface area contributed by atoms with Crippen molar-refractivity contribution < 1.29 is 9.59 Å². The Balaban J connectivity index is 1.45. The highest BCUT2D eigenvalue weighted by atomic mass is 16.2. The largest absolute Gasteiger partial charge is 0.356 e. The van der Waals surface area contributed by atoms with Crippen molar-refractivity contribution in [3.8, 4) is 0 Å². The maximum Gasteiger partial charge on any atom is 0.225 e. The molecule has 1 aromatic carbocycles. The summed E-state index contributed by atoms with van der Waals surface area (Å²) in [6.45, 7) is 6.49. The maximum absolute atomic E-state index is 12.5. The summed E-state index contributed by atoms with van der Waals surface area (Å²) in [4.78, 5) is 26.9. The molecular weight excluding hydrogens is 336 g/mol. The fourth-order valence-electron chi connectivity index (χ4n) is 5.08. The first kappa shape index (κ1) is 18.5. The predicted octanol–water partition coefficient (Wildman–Crippen LogP) is 3.61. The minimum Gasteiger partial charge on any atom is -0.356 e. The summed E-state index contributed by atoms with van der Waals surface area (Å²) in [5.74, 6) is 1.57. The van der Waals surface area contributed by atoms with E-state index in [1.165, 1.54) is 24.0 Å². The van der Waals surface area contributed by atoms with Crippen LogP contribution in [-0.4, -0.2) is 36.3 Å². The van der Waals surface area contributed by atoms with Crippen molar-refractivity contribution in [1.82, 2.24) is 10.2 Å². The third-order valence-electron chi connectivity index (χ3n) is 6.85. The highest BCUT2D eigenvalue weighted by molar-refractivity contribution is 5.78. The molecule has 0 unspecified atom stereocenters. The Morgan fingerprint density at radius 2 is 1.89 bits per heavy atom. The van der Waals surface area contributed by atoms with Gasteiger partial charge in [0, 0.05) is 32.0 Å². The number of benzene rings is 1. The molecule has 1 saturated carbocycles. The number of amides is 2. The molecule has 1 aromatic rings. The first-order valence-corrected chi connectivity index (χ1v) is 10.6. The van der Waals surface area contributed by atoms with Crippen LogP contribution >= 0.6 is 0 Å². The molecule has 4 heteroatoms. The molecule has 0 radical (unpaired) electrons. The first-order chi connectivity index (χ1) is 13.0. The molecule has 2 amide bonds. The number of hydrogen-bond acceptors (Lipinski definition) is 2. The van der Waals surface area contributed by atoms with Gasteiger partial charge in [-0.2, -0.15) is 0 Å². The van der Waals surface area contributed by atoms with Crippen LogP contribution in [0.25, 0.3) is 0 Å². The van der Waals surface area contributed by atoms with Gasteiger partial charge in [-0.1, -0.05) is 38.1 Å². The first-order valence-electron chi connectivity index (χ1n) is 10.6.